The minimum atomic E-state index is -0.778. The fraction of sp³-hybridized carbons (Fsp3) is 0.115. The molecular formula is C26H19Br3N2O4. The van der Waals surface area contributed by atoms with Crippen molar-refractivity contribution in [2.45, 2.75) is 20.5 Å². The van der Waals surface area contributed by atoms with Crippen molar-refractivity contribution in [1.82, 2.24) is 5.32 Å². The maximum atomic E-state index is 13.2. The molecule has 1 heterocycles. The van der Waals surface area contributed by atoms with Crippen LogP contribution in [0.4, 0.5) is 10.5 Å². The van der Waals surface area contributed by atoms with Crippen LogP contribution in [0.15, 0.2) is 73.6 Å². The molecule has 4 amide bonds. The Morgan fingerprint density at radius 3 is 2.17 bits per heavy atom. The number of urea groups is 1. The molecule has 3 aromatic rings. The second-order valence-electron chi connectivity index (χ2n) is 7.96. The molecule has 0 aromatic heterocycles. The normalized spacial score (nSPS) is 14.9. The van der Waals surface area contributed by atoms with Gasteiger partial charge in [-0.1, -0.05) is 34.1 Å². The van der Waals surface area contributed by atoms with Crippen molar-refractivity contribution in [1.29, 1.82) is 0 Å². The third kappa shape index (κ3) is 5.58. The van der Waals surface area contributed by atoms with Crippen LogP contribution in [0.3, 0.4) is 0 Å². The van der Waals surface area contributed by atoms with E-state index in [9.17, 15) is 14.4 Å². The van der Waals surface area contributed by atoms with Gasteiger partial charge in [0.05, 0.1) is 14.6 Å². The van der Waals surface area contributed by atoms with Crippen LogP contribution in [0.25, 0.3) is 6.08 Å². The number of hydrogen-bond acceptors (Lipinski definition) is 4. The molecule has 1 fully saturated rings. The van der Waals surface area contributed by atoms with Crippen LogP contribution in [0.5, 0.6) is 5.75 Å². The maximum absolute atomic E-state index is 13.2. The monoisotopic (exact) mass is 660 g/mol. The topological polar surface area (TPSA) is 75.7 Å². The Kier molecular flexibility index (Phi) is 7.59. The number of amides is 4. The van der Waals surface area contributed by atoms with Crippen molar-refractivity contribution < 1.29 is 19.1 Å². The molecule has 0 atom stereocenters. The number of barbiturate groups is 1. The lowest BCUT2D eigenvalue weighted by Gasteiger charge is -2.27. The van der Waals surface area contributed by atoms with Gasteiger partial charge in [-0.3, -0.25) is 14.9 Å². The molecule has 1 aliphatic rings. The molecule has 1 aliphatic heterocycles. The summed E-state index contributed by atoms with van der Waals surface area (Å²) in [6.45, 7) is 4.19. The number of carbonyl (C=O) groups excluding carboxylic acids is 3. The van der Waals surface area contributed by atoms with E-state index in [1.54, 1.807) is 24.3 Å². The smallest absolute Gasteiger partial charge is 0.335 e. The number of ether oxygens (including phenoxy) is 1. The van der Waals surface area contributed by atoms with Crippen molar-refractivity contribution in [2.75, 3.05) is 4.90 Å². The summed E-state index contributed by atoms with van der Waals surface area (Å²) in [6, 6.07) is 15.8. The number of benzene rings is 3. The largest absolute Gasteiger partial charge is 0.487 e. The van der Waals surface area contributed by atoms with Gasteiger partial charge in [-0.25, -0.2) is 9.69 Å². The highest BCUT2D eigenvalue weighted by Crippen LogP contribution is 2.36. The van der Waals surface area contributed by atoms with Gasteiger partial charge in [-0.05, 0) is 110 Å². The molecular weight excluding hydrogens is 644 g/mol. The number of halogens is 3. The molecule has 3 aromatic carbocycles. The molecule has 4 rings (SSSR count). The number of nitrogens with zero attached hydrogens (tertiary/aromatic N) is 1. The minimum absolute atomic E-state index is 0.148. The first kappa shape index (κ1) is 25.3. The number of imide groups is 2. The fourth-order valence-corrected chi connectivity index (χ4v) is 5.18. The molecule has 35 heavy (non-hydrogen) atoms. The third-order valence-electron chi connectivity index (χ3n) is 5.48. The van der Waals surface area contributed by atoms with Crippen LogP contribution in [0.1, 0.15) is 22.3 Å². The lowest BCUT2D eigenvalue weighted by atomic mass is 10.0. The van der Waals surface area contributed by atoms with E-state index in [0.29, 0.717) is 32.6 Å². The summed E-state index contributed by atoms with van der Waals surface area (Å²) in [5.74, 6) is -0.853. The average Bonchev–Trinajstić information content (AvgIpc) is 2.79. The van der Waals surface area contributed by atoms with Gasteiger partial charge < -0.3 is 4.74 Å². The van der Waals surface area contributed by atoms with Crippen molar-refractivity contribution in [3.8, 4) is 5.75 Å². The lowest BCUT2D eigenvalue weighted by Crippen LogP contribution is -2.54. The van der Waals surface area contributed by atoms with E-state index in [1.807, 2.05) is 44.2 Å². The first-order chi connectivity index (χ1) is 16.6. The van der Waals surface area contributed by atoms with Gasteiger partial charge in [0.1, 0.15) is 17.9 Å². The highest BCUT2D eigenvalue weighted by molar-refractivity contribution is 9.11. The quantitative estimate of drug-likeness (QED) is 0.240. The van der Waals surface area contributed by atoms with Crippen molar-refractivity contribution in [3.05, 3.63) is 95.8 Å². The van der Waals surface area contributed by atoms with Crippen LogP contribution in [-0.4, -0.2) is 17.8 Å². The lowest BCUT2D eigenvalue weighted by molar-refractivity contribution is -0.122. The van der Waals surface area contributed by atoms with Gasteiger partial charge in [0.25, 0.3) is 11.8 Å². The van der Waals surface area contributed by atoms with E-state index in [0.717, 1.165) is 26.1 Å². The molecule has 6 nitrogen and oxygen atoms in total. The van der Waals surface area contributed by atoms with Crippen molar-refractivity contribution in [2.24, 2.45) is 0 Å². The summed E-state index contributed by atoms with van der Waals surface area (Å²) in [6.07, 6.45) is 1.45. The van der Waals surface area contributed by atoms with Gasteiger partial charge in [-0.15, -0.1) is 0 Å². The summed E-state index contributed by atoms with van der Waals surface area (Å²) in [4.78, 5) is 39.2. The standard InChI is InChI=1S/C26H19Br3N2O4/c1-14-3-8-19(9-15(14)2)31-25(33)20(24(32)30-26(31)34)10-17-11-21(28)23(22(29)12-17)35-13-16-4-6-18(27)7-5-16/h3-12H,13H2,1-2H3,(H,30,32,34)/b20-10+. The van der Waals surface area contributed by atoms with Gasteiger partial charge in [0, 0.05) is 4.47 Å². The van der Waals surface area contributed by atoms with Crippen molar-refractivity contribution >= 4 is 77.4 Å². The second-order valence-corrected chi connectivity index (χ2v) is 10.6. The Balaban J connectivity index is 1.61. The van der Waals surface area contributed by atoms with E-state index in [4.69, 9.17) is 4.74 Å². The average molecular weight is 663 g/mol. The van der Waals surface area contributed by atoms with E-state index in [2.05, 4.69) is 53.1 Å². The summed E-state index contributed by atoms with van der Waals surface area (Å²) < 4.78 is 8.23. The number of carbonyl (C=O) groups is 3. The third-order valence-corrected chi connectivity index (χ3v) is 7.19. The first-order valence-corrected chi connectivity index (χ1v) is 12.9. The fourth-order valence-electron chi connectivity index (χ4n) is 3.46. The molecule has 0 radical (unpaired) electrons. The highest BCUT2D eigenvalue weighted by Gasteiger charge is 2.37. The van der Waals surface area contributed by atoms with Crippen LogP contribution in [0.2, 0.25) is 0 Å². The van der Waals surface area contributed by atoms with Gasteiger partial charge >= 0.3 is 6.03 Å². The second kappa shape index (κ2) is 10.5. The Hall–Kier alpha value is -2.75. The zero-order valence-corrected chi connectivity index (χ0v) is 23.5. The van der Waals surface area contributed by atoms with E-state index >= 15 is 0 Å². The summed E-state index contributed by atoms with van der Waals surface area (Å²) in [5, 5.41) is 2.25. The molecule has 0 unspecified atom stereocenters. The first-order valence-electron chi connectivity index (χ1n) is 10.5. The zero-order valence-electron chi connectivity index (χ0n) is 18.7. The number of aryl methyl sites for hydroxylation is 2. The van der Waals surface area contributed by atoms with E-state index < -0.39 is 17.8 Å². The number of rotatable bonds is 5. The predicted molar refractivity (Wildman–Crippen MR) is 145 cm³/mol. The molecule has 1 N–H and O–H groups in total. The molecule has 1 saturated heterocycles. The van der Waals surface area contributed by atoms with Crippen LogP contribution in [0, 0.1) is 13.8 Å². The van der Waals surface area contributed by atoms with Gasteiger partial charge in [-0.2, -0.15) is 0 Å². The Labute approximate surface area is 227 Å². The highest BCUT2D eigenvalue weighted by atomic mass is 79.9. The van der Waals surface area contributed by atoms with Crippen LogP contribution in [-0.2, 0) is 16.2 Å². The number of nitrogens with one attached hydrogen (secondary N) is 1. The Bertz CT molecular complexity index is 1360. The van der Waals surface area contributed by atoms with E-state index in [1.165, 1.54) is 6.08 Å². The van der Waals surface area contributed by atoms with E-state index in [-0.39, 0.29) is 5.57 Å². The molecule has 0 bridgehead atoms. The van der Waals surface area contributed by atoms with Gasteiger partial charge in [0.2, 0.25) is 0 Å². The summed E-state index contributed by atoms with van der Waals surface area (Å²) in [5.41, 5.74) is 3.78. The van der Waals surface area contributed by atoms with Crippen LogP contribution >= 0.6 is 47.8 Å². The SMILES string of the molecule is Cc1ccc(N2C(=O)NC(=O)/C(=C\c3cc(Br)c(OCc4ccc(Br)cc4)c(Br)c3)C2=O)cc1C. The van der Waals surface area contributed by atoms with Gasteiger partial charge in [0.15, 0.2) is 0 Å². The molecule has 178 valence electrons. The Morgan fingerprint density at radius 2 is 1.54 bits per heavy atom. The van der Waals surface area contributed by atoms with Crippen molar-refractivity contribution in [3.63, 3.8) is 0 Å². The molecule has 9 heteroatoms. The Morgan fingerprint density at radius 1 is 0.886 bits per heavy atom. The van der Waals surface area contributed by atoms with Crippen LogP contribution < -0.4 is 15.0 Å². The summed E-state index contributed by atoms with van der Waals surface area (Å²) in [7, 11) is 0. The molecule has 0 aliphatic carbocycles. The number of anilines is 1. The molecule has 0 spiro atoms. The number of hydrogen-bond donors (Lipinski definition) is 1. The zero-order chi connectivity index (χ0) is 25.3. The molecule has 0 saturated carbocycles. The summed E-state index contributed by atoms with van der Waals surface area (Å²) >= 11 is 10.4. The maximum Gasteiger partial charge on any atom is 0.335 e. The predicted octanol–water partition coefficient (Wildman–Crippen LogP) is 6.84. The minimum Gasteiger partial charge on any atom is -0.487 e.